The summed E-state index contributed by atoms with van der Waals surface area (Å²) in [4.78, 5) is 23.3. The van der Waals surface area contributed by atoms with Gasteiger partial charge in [0.15, 0.2) is 0 Å². The normalized spacial score (nSPS) is 10.9. The maximum atomic E-state index is 13.4. The van der Waals surface area contributed by atoms with Crippen LogP contribution in [-0.2, 0) is 16.6 Å². The summed E-state index contributed by atoms with van der Waals surface area (Å²) in [6.45, 7) is -0.420. The van der Waals surface area contributed by atoms with E-state index in [-0.39, 0.29) is 16.3 Å². The zero-order valence-corrected chi connectivity index (χ0v) is 20.6. The second-order valence-electron chi connectivity index (χ2n) is 7.64. The standard InChI is InChI=1S/C26H19ClN2O7S/c27-20-8-16-25(17-9-20)37(33,34)28(18-19-6-10-21(11-7-19)29(31)32)26(30)36-24-14-12-23(13-15-24)35-22-4-2-1-3-5-22/h1-17H,18H2. The van der Waals surface area contributed by atoms with E-state index in [1.54, 1.807) is 24.3 Å². The molecule has 0 atom stereocenters. The van der Waals surface area contributed by atoms with Gasteiger partial charge in [-0.2, -0.15) is 4.31 Å². The predicted molar refractivity (Wildman–Crippen MR) is 136 cm³/mol. The predicted octanol–water partition coefficient (Wildman–Crippen LogP) is 6.43. The van der Waals surface area contributed by atoms with Crippen LogP contribution in [0.15, 0.2) is 108 Å². The van der Waals surface area contributed by atoms with Crippen LogP contribution in [0.5, 0.6) is 17.2 Å². The molecule has 0 spiro atoms. The molecule has 9 nitrogen and oxygen atoms in total. The van der Waals surface area contributed by atoms with Crippen LogP contribution in [0, 0.1) is 10.1 Å². The van der Waals surface area contributed by atoms with Crippen LogP contribution in [0.3, 0.4) is 0 Å². The maximum absolute atomic E-state index is 13.4. The molecule has 0 aromatic heterocycles. The SMILES string of the molecule is O=C(Oc1ccc(Oc2ccccc2)cc1)N(Cc1ccc([N+](=O)[O-])cc1)S(=O)(=O)c1ccc(Cl)cc1. The van der Waals surface area contributed by atoms with Gasteiger partial charge in [-0.3, -0.25) is 10.1 Å². The van der Waals surface area contributed by atoms with E-state index in [0.29, 0.717) is 26.4 Å². The summed E-state index contributed by atoms with van der Waals surface area (Å²) in [5.41, 5.74) is 0.169. The highest BCUT2D eigenvalue weighted by molar-refractivity contribution is 7.89. The molecular weight excluding hydrogens is 520 g/mol. The van der Waals surface area contributed by atoms with E-state index in [1.807, 2.05) is 18.2 Å². The van der Waals surface area contributed by atoms with Gasteiger partial charge in [0.25, 0.3) is 15.7 Å². The largest absolute Gasteiger partial charge is 0.457 e. The Bertz CT molecular complexity index is 1490. The quantitative estimate of drug-likeness (QED) is 0.187. The Morgan fingerprint density at radius 1 is 0.811 bits per heavy atom. The van der Waals surface area contributed by atoms with Crippen LogP contribution in [0.4, 0.5) is 10.5 Å². The molecule has 4 rings (SSSR count). The Balaban J connectivity index is 1.58. The van der Waals surface area contributed by atoms with Crippen LogP contribution < -0.4 is 9.47 Å². The number of non-ortho nitro benzene ring substituents is 1. The van der Waals surface area contributed by atoms with E-state index in [0.717, 1.165) is 0 Å². The molecule has 0 aliphatic rings. The molecule has 1 amide bonds. The first-order valence-electron chi connectivity index (χ1n) is 10.8. The fourth-order valence-corrected chi connectivity index (χ4v) is 4.64. The van der Waals surface area contributed by atoms with Gasteiger partial charge in [-0.15, -0.1) is 0 Å². The van der Waals surface area contributed by atoms with E-state index in [9.17, 15) is 23.3 Å². The number of hydrogen-bond donors (Lipinski definition) is 0. The molecule has 0 radical (unpaired) electrons. The molecule has 0 fully saturated rings. The summed E-state index contributed by atoms with van der Waals surface area (Å²) >= 11 is 5.88. The minimum absolute atomic E-state index is 0.0883. The molecule has 0 saturated heterocycles. The smallest absolute Gasteiger partial charge is 0.429 e. The lowest BCUT2D eigenvalue weighted by atomic mass is 10.2. The Morgan fingerprint density at radius 2 is 1.38 bits per heavy atom. The average molecular weight is 539 g/mol. The van der Waals surface area contributed by atoms with Gasteiger partial charge in [-0.05, 0) is 66.2 Å². The molecule has 188 valence electrons. The van der Waals surface area contributed by atoms with Crippen molar-refractivity contribution < 1.29 is 27.6 Å². The van der Waals surface area contributed by atoms with E-state index >= 15 is 0 Å². The van der Waals surface area contributed by atoms with Gasteiger partial charge in [0.1, 0.15) is 17.2 Å². The highest BCUT2D eigenvalue weighted by atomic mass is 35.5. The molecule has 0 aliphatic carbocycles. The summed E-state index contributed by atoms with van der Waals surface area (Å²) in [5, 5.41) is 11.3. The lowest BCUT2D eigenvalue weighted by Crippen LogP contribution is -2.38. The van der Waals surface area contributed by atoms with Gasteiger partial charge < -0.3 is 9.47 Å². The summed E-state index contributed by atoms with van der Waals surface area (Å²) in [6, 6.07) is 25.6. The van der Waals surface area contributed by atoms with E-state index in [1.165, 1.54) is 60.7 Å². The first kappa shape index (κ1) is 25.7. The van der Waals surface area contributed by atoms with Crippen molar-refractivity contribution in [1.29, 1.82) is 0 Å². The van der Waals surface area contributed by atoms with Crippen LogP contribution >= 0.6 is 11.6 Å². The number of amides is 1. The Labute approximate surface area is 217 Å². The number of carbonyl (C=O) groups is 1. The highest BCUT2D eigenvalue weighted by Gasteiger charge is 2.31. The summed E-state index contributed by atoms with van der Waals surface area (Å²) < 4.78 is 38.4. The third-order valence-electron chi connectivity index (χ3n) is 5.09. The Morgan fingerprint density at radius 3 is 1.97 bits per heavy atom. The minimum Gasteiger partial charge on any atom is -0.457 e. The molecule has 0 bridgehead atoms. The highest BCUT2D eigenvalue weighted by Crippen LogP contribution is 2.26. The van der Waals surface area contributed by atoms with Gasteiger partial charge >= 0.3 is 6.09 Å². The third kappa shape index (κ3) is 6.43. The summed E-state index contributed by atoms with van der Waals surface area (Å²) in [5.74, 6) is 1.20. The van der Waals surface area contributed by atoms with Gasteiger partial charge in [0.2, 0.25) is 0 Å². The van der Waals surface area contributed by atoms with Gasteiger partial charge in [-0.25, -0.2) is 13.2 Å². The van der Waals surface area contributed by atoms with Crippen molar-refractivity contribution in [3.8, 4) is 17.2 Å². The monoisotopic (exact) mass is 538 g/mol. The van der Waals surface area contributed by atoms with Crippen LogP contribution in [0.2, 0.25) is 5.02 Å². The molecule has 4 aromatic carbocycles. The number of benzene rings is 4. The number of halogens is 1. The molecule has 11 heteroatoms. The second-order valence-corrected chi connectivity index (χ2v) is 9.94. The van der Waals surface area contributed by atoms with Crippen molar-refractivity contribution in [2.75, 3.05) is 0 Å². The number of nitro benzene ring substituents is 1. The van der Waals surface area contributed by atoms with Gasteiger partial charge in [0, 0.05) is 17.2 Å². The van der Waals surface area contributed by atoms with Crippen molar-refractivity contribution in [2.45, 2.75) is 11.4 Å². The number of nitro groups is 1. The molecular formula is C26H19ClN2O7S. The molecule has 0 saturated carbocycles. The zero-order valence-electron chi connectivity index (χ0n) is 19.1. The molecule has 0 heterocycles. The number of carbonyl (C=O) groups excluding carboxylic acids is 1. The van der Waals surface area contributed by atoms with Crippen LogP contribution in [0.25, 0.3) is 0 Å². The first-order valence-corrected chi connectivity index (χ1v) is 12.6. The lowest BCUT2D eigenvalue weighted by molar-refractivity contribution is -0.384. The maximum Gasteiger partial charge on any atom is 0.429 e. The van der Waals surface area contributed by atoms with Crippen molar-refractivity contribution in [3.05, 3.63) is 124 Å². The van der Waals surface area contributed by atoms with Gasteiger partial charge in [-0.1, -0.05) is 41.9 Å². The topological polar surface area (TPSA) is 116 Å². The minimum atomic E-state index is -4.37. The first-order chi connectivity index (χ1) is 17.7. The zero-order chi connectivity index (χ0) is 26.4. The number of rotatable bonds is 8. The number of hydrogen-bond acceptors (Lipinski definition) is 7. The number of ether oxygens (including phenoxy) is 2. The molecule has 0 aliphatic heterocycles. The molecule has 37 heavy (non-hydrogen) atoms. The van der Waals surface area contributed by atoms with Crippen molar-refractivity contribution in [1.82, 2.24) is 4.31 Å². The number of sulfonamides is 1. The van der Waals surface area contributed by atoms with Crippen molar-refractivity contribution in [2.24, 2.45) is 0 Å². The van der Waals surface area contributed by atoms with E-state index in [2.05, 4.69) is 0 Å². The van der Waals surface area contributed by atoms with Crippen LogP contribution in [0.1, 0.15) is 5.56 Å². The summed E-state index contributed by atoms with van der Waals surface area (Å²) in [6.07, 6.45) is -1.16. The van der Waals surface area contributed by atoms with Gasteiger partial charge in [0.05, 0.1) is 16.4 Å². The van der Waals surface area contributed by atoms with Crippen LogP contribution in [-0.4, -0.2) is 23.7 Å². The Kier molecular flexibility index (Phi) is 7.71. The molecule has 0 unspecified atom stereocenters. The number of para-hydroxylation sites is 1. The lowest BCUT2D eigenvalue weighted by Gasteiger charge is -2.22. The average Bonchev–Trinajstić information content (AvgIpc) is 2.89. The van der Waals surface area contributed by atoms with E-state index < -0.39 is 27.6 Å². The summed E-state index contributed by atoms with van der Waals surface area (Å²) in [7, 11) is -4.37. The fourth-order valence-electron chi connectivity index (χ4n) is 3.22. The second kappa shape index (κ2) is 11.1. The Hall–Kier alpha value is -4.41. The number of nitrogens with zero attached hydrogens (tertiary/aromatic N) is 2. The van der Waals surface area contributed by atoms with Crippen molar-refractivity contribution >= 4 is 33.4 Å². The van der Waals surface area contributed by atoms with E-state index in [4.69, 9.17) is 21.1 Å². The van der Waals surface area contributed by atoms with Crippen molar-refractivity contribution in [3.63, 3.8) is 0 Å². The molecule has 0 N–H and O–H groups in total. The fraction of sp³-hybridized carbons (Fsp3) is 0.0385. The third-order valence-corrected chi connectivity index (χ3v) is 7.06. The molecule has 4 aromatic rings.